The van der Waals surface area contributed by atoms with Crippen molar-refractivity contribution in [2.75, 3.05) is 46.1 Å². The number of aromatic nitrogens is 1. The quantitative estimate of drug-likeness (QED) is 0.398. The molecule has 1 aromatic heterocycles. The van der Waals surface area contributed by atoms with Gasteiger partial charge >= 0.3 is 11.9 Å². The normalized spacial score (nSPS) is 20.4. The Balaban J connectivity index is 1.68. The molecule has 13 heteroatoms. The number of hydrogen-bond donors (Lipinski definition) is 2. The van der Waals surface area contributed by atoms with Gasteiger partial charge in [-0.2, -0.15) is 0 Å². The van der Waals surface area contributed by atoms with Gasteiger partial charge in [0.15, 0.2) is 10.8 Å². The summed E-state index contributed by atoms with van der Waals surface area (Å²) in [6.45, 7) is 3.46. The number of aliphatic carboxylic acids is 1. The van der Waals surface area contributed by atoms with E-state index in [1.807, 2.05) is 5.38 Å². The van der Waals surface area contributed by atoms with E-state index in [0.29, 0.717) is 58.4 Å². The van der Waals surface area contributed by atoms with Gasteiger partial charge in [-0.15, -0.1) is 11.3 Å². The minimum atomic E-state index is -1.05. The molecule has 0 radical (unpaired) electrons. The van der Waals surface area contributed by atoms with Crippen LogP contribution in [0.5, 0.6) is 0 Å². The molecule has 0 saturated carbocycles. The second-order valence-electron chi connectivity index (χ2n) is 8.26. The largest absolute Gasteiger partial charge is 0.480 e. The molecule has 1 unspecified atom stereocenters. The number of halogens is 2. The van der Waals surface area contributed by atoms with E-state index in [1.54, 1.807) is 19.2 Å². The Morgan fingerprint density at radius 2 is 2.24 bits per heavy atom. The number of carbonyl (C=O) groups excluding carboxylic acids is 1. The van der Waals surface area contributed by atoms with Crippen molar-refractivity contribution in [3.05, 3.63) is 61.9 Å². The van der Waals surface area contributed by atoms with Crippen LogP contribution < -0.4 is 5.32 Å². The van der Waals surface area contributed by atoms with Crippen molar-refractivity contribution in [1.82, 2.24) is 15.2 Å². The Kier molecular flexibility index (Phi) is 9.38. The van der Waals surface area contributed by atoms with Crippen LogP contribution in [0.3, 0.4) is 0 Å². The summed E-state index contributed by atoms with van der Waals surface area (Å²) in [6, 6.07) is 3.49. The maximum atomic E-state index is 13.9. The summed E-state index contributed by atoms with van der Waals surface area (Å²) in [5.74, 6) is -1.49. The van der Waals surface area contributed by atoms with E-state index in [4.69, 9.17) is 24.3 Å². The molecule has 1 aromatic carbocycles. The molecule has 0 spiro atoms. The number of morpholine rings is 1. The predicted molar refractivity (Wildman–Crippen MR) is 137 cm³/mol. The number of carboxylic acids is 1. The molecule has 10 nitrogen and oxygen atoms in total. The summed E-state index contributed by atoms with van der Waals surface area (Å²) in [5.41, 5.74) is 1.52. The van der Waals surface area contributed by atoms with Crippen molar-refractivity contribution in [2.45, 2.75) is 19.1 Å². The molecular weight excluding hydrogens is 571 g/mol. The van der Waals surface area contributed by atoms with Crippen molar-refractivity contribution in [2.24, 2.45) is 4.99 Å². The summed E-state index contributed by atoms with van der Waals surface area (Å²) < 4.78 is 30.7. The number of nitrogens with one attached hydrogen (secondary N) is 1. The molecule has 0 amide bonds. The number of hydrogen-bond acceptors (Lipinski definition) is 10. The lowest BCUT2D eigenvalue weighted by molar-refractivity contribution is -0.144. The molecule has 3 heterocycles. The maximum absolute atomic E-state index is 13.9. The van der Waals surface area contributed by atoms with Crippen LogP contribution in [0.4, 0.5) is 4.39 Å². The molecule has 2 aliphatic rings. The molecule has 4 rings (SSSR count). The summed E-state index contributed by atoms with van der Waals surface area (Å²) in [5, 5.41) is 14.6. The van der Waals surface area contributed by atoms with Gasteiger partial charge in [-0.05, 0) is 24.6 Å². The Labute approximate surface area is 225 Å². The van der Waals surface area contributed by atoms with E-state index < -0.39 is 30.4 Å². The molecule has 0 bridgehead atoms. The summed E-state index contributed by atoms with van der Waals surface area (Å²) in [7, 11) is 0. The first-order chi connectivity index (χ1) is 17.9. The smallest absolute Gasteiger partial charge is 0.338 e. The van der Waals surface area contributed by atoms with Gasteiger partial charge in [-0.1, -0.05) is 22.0 Å². The average molecular weight is 597 g/mol. The Morgan fingerprint density at radius 3 is 2.95 bits per heavy atom. The molecule has 2 atom stereocenters. The molecule has 1 saturated heterocycles. The minimum absolute atomic E-state index is 0.136. The van der Waals surface area contributed by atoms with Crippen LogP contribution in [0.15, 0.2) is 50.5 Å². The highest BCUT2D eigenvalue weighted by atomic mass is 79.9. The van der Waals surface area contributed by atoms with E-state index >= 15 is 0 Å². The Hall–Kier alpha value is -2.71. The summed E-state index contributed by atoms with van der Waals surface area (Å²) >= 11 is 4.83. The van der Waals surface area contributed by atoms with E-state index in [9.17, 15) is 14.0 Å². The molecular formula is C24H26BrFN4O6S. The van der Waals surface area contributed by atoms with Crippen LogP contribution in [0.25, 0.3) is 0 Å². The third kappa shape index (κ3) is 6.99. The number of rotatable bonds is 10. The first-order valence-electron chi connectivity index (χ1n) is 11.6. The van der Waals surface area contributed by atoms with Gasteiger partial charge in [0.25, 0.3) is 0 Å². The van der Waals surface area contributed by atoms with Crippen LogP contribution in [-0.2, 0) is 23.8 Å². The van der Waals surface area contributed by atoms with E-state index in [-0.39, 0.29) is 19.3 Å². The van der Waals surface area contributed by atoms with Crippen molar-refractivity contribution in [3.63, 3.8) is 0 Å². The second kappa shape index (κ2) is 12.7. The number of ether oxygens (including phenoxy) is 3. The van der Waals surface area contributed by atoms with Crippen LogP contribution >= 0.6 is 27.3 Å². The lowest BCUT2D eigenvalue weighted by Crippen LogP contribution is -2.47. The second-order valence-corrected chi connectivity index (χ2v) is 10.0. The highest BCUT2D eigenvalue weighted by molar-refractivity contribution is 9.10. The van der Waals surface area contributed by atoms with Gasteiger partial charge in [0.2, 0.25) is 0 Å². The third-order valence-electron chi connectivity index (χ3n) is 5.65. The Bertz CT molecular complexity index is 1190. The zero-order valence-electron chi connectivity index (χ0n) is 20.0. The van der Waals surface area contributed by atoms with E-state index in [2.05, 4.69) is 31.1 Å². The Morgan fingerprint density at radius 1 is 1.41 bits per heavy atom. The van der Waals surface area contributed by atoms with Gasteiger partial charge in [-0.3, -0.25) is 9.89 Å². The number of thiazole rings is 1. The number of esters is 1. The number of carboxylic acid groups (broad SMARTS) is 1. The van der Waals surface area contributed by atoms with Crippen LogP contribution in [0.1, 0.15) is 23.5 Å². The standard InChI is InChI=1S/C24H26BrFN4O6S/c1-2-35-24(33)20-18(11-30-6-7-36-15(10-30)12-34-13-19(31)32)28-22(23-27-5-8-37-23)29-21(20)16-4-3-14(26)9-17(16)25/h3-5,8-9,15,21H,2,6-7,10-13H2,1H3,(H,28,29)(H,31,32)/t15?,21-/m0/s1. The van der Waals surface area contributed by atoms with Crippen LogP contribution in [-0.4, -0.2) is 84.9 Å². The molecule has 0 aliphatic carbocycles. The van der Waals surface area contributed by atoms with E-state index in [1.165, 1.54) is 23.5 Å². The fourth-order valence-corrected chi connectivity index (χ4v) is 5.25. The van der Waals surface area contributed by atoms with Gasteiger partial charge in [0, 0.05) is 41.4 Å². The van der Waals surface area contributed by atoms with Gasteiger partial charge in [-0.25, -0.2) is 19.0 Å². The predicted octanol–water partition coefficient (Wildman–Crippen LogP) is 2.76. The van der Waals surface area contributed by atoms with Gasteiger partial charge < -0.3 is 24.6 Å². The first kappa shape index (κ1) is 27.3. The number of amidine groups is 1. The number of carbonyl (C=O) groups is 2. The zero-order valence-corrected chi connectivity index (χ0v) is 22.4. The maximum Gasteiger partial charge on any atom is 0.338 e. The molecule has 1 fully saturated rings. The van der Waals surface area contributed by atoms with Crippen molar-refractivity contribution >= 4 is 45.0 Å². The van der Waals surface area contributed by atoms with Gasteiger partial charge in [0.05, 0.1) is 31.5 Å². The average Bonchev–Trinajstić information content (AvgIpc) is 3.39. The number of aliphatic imine (C=N–C) groups is 1. The summed E-state index contributed by atoms with van der Waals surface area (Å²) in [6.07, 6.45) is 1.35. The number of nitrogens with zero attached hydrogens (tertiary/aromatic N) is 3. The zero-order chi connectivity index (χ0) is 26.4. The molecule has 2 N–H and O–H groups in total. The lowest BCUT2D eigenvalue weighted by atomic mass is 9.95. The van der Waals surface area contributed by atoms with Crippen LogP contribution in [0, 0.1) is 5.82 Å². The molecule has 2 aliphatic heterocycles. The topological polar surface area (TPSA) is 123 Å². The highest BCUT2D eigenvalue weighted by Crippen LogP contribution is 2.37. The summed E-state index contributed by atoms with van der Waals surface area (Å²) in [4.78, 5) is 35.3. The fraction of sp³-hybridized carbons (Fsp3) is 0.417. The molecule has 37 heavy (non-hydrogen) atoms. The SMILES string of the molecule is CCOC(=O)C1=C(CN2CCOC(COCC(=O)O)C2)NC(c2nccs2)=N[C@H]1c1ccc(F)cc1Br. The van der Waals surface area contributed by atoms with Crippen molar-refractivity contribution in [1.29, 1.82) is 0 Å². The molecule has 198 valence electrons. The lowest BCUT2D eigenvalue weighted by Gasteiger charge is -2.35. The van der Waals surface area contributed by atoms with E-state index in [0.717, 1.165) is 0 Å². The minimum Gasteiger partial charge on any atom is -0.480 e. The van der Waals surface area contributed by atoms with Crippen molar-refractivity contribution < 1.29 is 33.3 Å². The first-order valence-corrected chi connectivity index (χ1v) is 13.3. The monoisotopic (exact) mass is 596 g/mol. The van der Waals surface area contributed by atoms with Gasteiger partial charge in [0.1, 0.15) is 18.5 Å². The van der Waals surface area contributed by atoms with Crippen LogP contribution in [0.2, 0.25) is 0 Å². The molecule has 2 aromatic rings. The highest BCUT2D eigenvalue weighted by Gasteiger charge is 2.35. The third-order valence-corrected chi connectivity index (χ3v) is 7.11. The fourth-order valence-electron chi connectivity index (χ4n) is 4.09. The number of benzene rings is 1. The van der Waals surface area contributed by atoms with Crippen molar-refractivity contribution in [3.8, 4) is 0 Å².